The number of pyridine rings is 1. The van der Waals surface area contributed by atoms with Crippen molar-refractivity contribution in [2.45, 2.75) is 24.9 Å². The van der Waals surface area contributed by atoms with Crippen molar-refractivity contribution in [2.24, 2.45) is 5.73 Å². The summed E-state index contributed by atoms with van der Waals surface area (Å²) < 4.78 is 96.8. The van der Waals surface area contributed by atoms with E-state index in [4.69, 9.17) is 10.5 Å². The molecule has 164 valence electrons. The van der Waals surface area contributed by atoms with Gasteiger partial charge in [0.05, 0.1) is 11.2 Å². The lowest BCUT2D eigenvalue weighted by atomic mass is 10.1. The fraction of sp³-hybridized carbons (Fsp3) is 0.294. The van der Waals surface area contributed by atoms with Gasteiger partial charge in [0.15, 0.2) is 0 Å². The minimum atomic E-state index is -6.14. The topological polar surface area (TPSA) is 103 Å². The van der Waals surface area contributed by atoms with E-state index < -0.39 is 50.9 Å². The second-order valence-corrected chi connectivity index (χ2v) is 8.41. The highest BCUT2D eigenvalue weighted by Gasteiger charge is 2.55. The average molecular weight is 453 g/mol. The van der Waals surface area contributed by atoms with Gasteiger partial charge in [0.25, 0.3) is 5.91 Å². The van der Waals surface area contributed by atoms with Crippen LogP contribution in [0.4, 0.5) is 27.6 Å². The zero-order chi connectivity index (χ0) is 22.9. The first-order valence-electron chi connectivity index (χ1n) is 8.13. The van der Waals surface area contributed by atoms with Crippen LogP contribution in [0.3, 0.4) is 0 Å². The van der Waals surface area contributed by atoms with Gasteiger partial charge in [-0.25, -0.2) is 13.8 Å². The van der Waals surface area contributed by atoms with E-state index in [0.717, 1.165) is 13.8 Å². The third-order valence-corrected chi connectivity index (χ3v) is 5.57. The molecule has 0 saturated heterocycles. The Labute approximate surface area is 168 Å². The van der Waals surface area contributed by atoms with E-state index in [9.17, 15) is 35.2 Å². The molecule has 0 fully saturated rings. The van der Waals surface area contributed by atoms with Crippen molar-refractivity contribution in [3.8, 4) is 5.88 Å². The largest absolute Gasteiger partial charge is 0.516 e. The van der Waals surface area contributed by atoms with Crippen molar-refractivity contribution >= 4 is 21.6 Å². The van der Waals surface area contributed by atoms with Crippen LogP contribution < -0.4 is 14.8 Å². The number of sulfonamides is 1. The summed E-state index contributed by atoms with van der Waals surface area (Å²) in [5.74, 6) is -3.96. The van der Waals surface area contributed by atoms with E-state index in [1.54, 1.807) is 0 Å². The third-order valence-electron chi connectivity index (χ3n) is 3.81. The quantitative estimate of drug-likeness (QED) is 0.650. The summed E-state index contributed by atoms with van der Waals surface area (Å²) in [5.41, 5.74) is -3.95. The molecular weight excluding hydrogens is 437 g/mol. The molecule has 0 aliphatic heterocycles. The number of amides is 1. The normalized spacial score (nSPS) is 12.5. The maximum atomic E-state index is 14.3. The van der Waals surface area contributed by atoms with E-state index in [2.05, 4.69) is 4.98 Å². The Hall–Kier alpha value is -2.96. The number of anilines is 1. The predicted octanol–water partition coefficient (Wildman–Crippen LogP) is 2.97. The number of hydrogen-bond acceptors (Lipinski definition) is 5. The Bertz CT molecular complexity index is 1060. The average Bonchev–Trinajstić information content (AvgIpc) is 2.61. The van der Waals surface area contributed by atoms with Gasteiger partial charge in [-0.3, -0.25) is 9.10 Å². The van der Waals surface area contributed by atoms with Gasteiger partial charge in [-0.05, 0) is 38.1 Å². The van der Waals surface area contributed by atoms with E-state index in [1.807, 2.05) is 0 Å². The first kappa shape index (κ1) is 23.3. The number of rotatable bonds is 7. The van der Waals surface area contributed by atoms with E-state index in [1.165, 1.54) is 18.3 Å². The predicted molar refractivity (Wildman–Crippen MR) is 96.1 cm³/mol. The molecule has 13 heteroatoms. The van der Waals surface area contributed by atoms with Crippen LogP contribution in [-0.4, -0.2) is 37.0 Å². The van der Waals surface area contributed by atoms with Crippen molar-refractivity contribution in [1.29, 1.82) is 0 Å². The Morgan fingerprint density at radius 2 is 1.83 bits per heavy atom. The zero-order valence-electron chi connectivity index (χ0n) is 15.6. The molecule has 1 aromatic heterocycles. The Balaban J connectivity index is 2.54. The summed E-state index contributed by atoms with van der Waals surface area (Å²) in [6, 6.07) is 4.01. The molecule has 0 unspecified atom stereocenters. The molecule has 0 saturated carbocycles. The minimum absolute atomic E-state index is 0.202. The standard InChI is InChI=1S/C17H16F5N3O4S/c1-16(2,9-29-15-11(14(23)26)4-3-7-24-15)25(30(27,28)17(20,21)22)13-6-5-10(18)8-12(13)19/h3-8H,9H2,1-2H3,(H2,23,26). The molecule has 7 nitrogen and oxygen atoms in total. The van der Waals surface area contributed by atoms with Gasteiger partial charge in [-0.2, -0.15) is 21.6 Å². The molecule has 2 aromatic rings. The van der Waals surface area contributed by atoms with Crippen LogP contribution in [0.1, 0.15) is 24.2 Å². The molecule has 0 atom stereocenters. The van der Waals surface area contributed by atoms with Crippen LogP contribution in [0.5, 0.6) is 5.88 Å². The molecule has 0 spiro atoms. The first-order chi connectivity index (χ1) is 13.7. The van der Waals surface area contributed by atoms with Gasteiger partial charge in [-0.15, -0.1) is 0 Å². The number of hydrogen-bond donors (Lipinski definition) is 1. The number of aromatic nitrogens is 1. The number of ether oxygens (including phenoxy) is 1. The number of alkyl halides is 3. The molecule has 1 heterocycles. The Kier molecular flexibility index (Phi) is 6.26. The van der Waals surface area contributed by atoms with Crippen molar-refractivity contribution < 1.29 is 39.9 Å². The van der Waals surface area contributed by atoms with Gasteiger partial charge in [0.2, 0.25) is 5.88 Å². The van der Waals surface area contributed by atoms with Crippen molar-refractivity contribution in [2.75, 3.05) is 10.9 Å². The van der Waals surface area contributed by atoms with Crippen LogP contribution in [0.15, 0.2) is 36.5 Å². The summed E-state index contributed by atoms with van der Waals surface area (Å²) >= 11 is 0. The molecule has 0 bridgehead atoms. The molecule has 30 heavy (non-hydrogen) atoms. The fourth-order valence-electron chi connectivity index (χ4n) is 2.53. The number of primary amides is 1. The van der Waals surface area contributed by atoms with E-state index >= 15 is 0 Å². The molecule has 1 aromatic carbocycles. The Morgan fingerprint density at radius 1 is 1.20 bits per heavy atom. The van der Waals surface area contributed by atoms with Gasteiger partial charge in [0.1, 0.15) is 23.8 Å². The van der Waals surface area contributed by atoms with Gasteiger partial charge in [-0.1, -0.05) is 0 Å². The van der Waals surface area contributed by atoms with Crippen molar-refractivity contribution in [3.05, 3.63) is 53.7 Å². The van der Waals surface area contributed by atoms with Crippen molar-refractivity contribution in [1.82, 2.24) is 4.98 Å². The fourth-order valence-corrected chi connectivity index (χ4v) is 3.84. The number of benzene rings is 1. The number of carbonyl (C=O) groups is 1. The SMILES string of the molecule is CC(C)(COc1ncccc1C(N)=O)N(c1ccc(F)cc1F)S(=O)(=O)C(F)(F)F. The number of carbonyl (C=O) groups excluding carboxylic acids is 1. The summed E-state index contributed by atoms with van der Waals surface area (Å²) in [5, 5.41) is 0. The third kappa shape index (κ3) is 4.61. The van der Waals surface area contributed by atoms with Crippen LogP contribution in [0.25, 0.3) is 0 Å². The summed E-state index contributed by atoms with van der Waals surface area (Å²) in [6.45, 7) is 1.24. The van der Waals surface area contributed by atoms with Crippen LogP contribution in [0.2, 0.25) is 0 Å². The van der Waals surface area contributed by atoms with Crippen LogP contribution in [0, 0.1) is 11.6 Å². The second kappa shape index (κ2) is 8.05. The smallest absolute Gasteiger partial charge is 0.475 e. The van der Waals surface area contributed by atoms with E-state index in [-0.39, 0.29) is 21.8 Å². The zero-order valence-corrected chi connectivity index (χ0v) is 16.4. The molecule has 0 aliphatic rings. The lowest BCUT2D eigenvalue weighted by Gasteiger charge is -2.39. The summed E-state index contributed by atoms with van der Waals surface area (Å²) in [4.78, 5) is 15.2. The molecule has 2 rings (SSSR count). The summed E-state index contributed by atoms with van der Waals surface area (Å²) in [7, 11) is -6.14. The van der Waals surface area contributed by atoms with Gasteiger partial charge < -0.3 is 10.5 Å². The molecule has 2 N–H and O–H groups in total. The highest BCUT2D eigenvalue weighted by molar-refractivity contribution is 7.93. The van der Waals surface area contributed by atoms with Crippen LogP contribution >= 0.6 is 0 Å². The molecular formula is C17H16F5N3O4S. The maximum Gasteiger partial charge on any atom is 0.516 e. The van der Waals surface area contributed by atoms with Gasteiger partial charge >= 0.3 is 15.5 Å². The highest BCUT2D eigenvalue weighted by Crippen LogP contribution is 2.38. The monoisotopic (exact) mass is 453 g/mol. The van der Waals surface area contributed by atoms with Crippen molar-refractivity contribution in [3.63, 3.8) is 0 Å². The first-order valence-corrected chi connectivity index (χ1v) is 9.57. The molecule has 1 amide bonds. The van der Waals surface area contributed by atoms with E-state index in [0.29, 0.717) is 12.1 Å². The van der Waals surface area contributed by atoms with Gasteiger partial charge in [0, 0.05) is 12.3 Å². The number of nitrogens with two attached hydrogens (primary N) is 1. The molecule has 0 aliphatic carbocycles. The minimum Gasteiger partial charge on any atom is -0.475 e. The van der Waals surface area contributed by atoms with Crippen LogP contribution in [-0.2, 0) is 10.0 Å². The highest BCUT2D eigenvalue weighted by atomic mass is 32.2. The lowest BCUT2D eigenvalue weighted by molar-refractivity contribution is -0.0445. The maximum absolute atomic E-state index is 14.3. The Morgan fingerprint density at radius 3 is 2.37 bits per heavy atom. The lowest BCUT2D eigenvalue weighted by Crippen LogP contribution is -2.55. The number of nitrogens with zero attached hydrogens (tertiary/aromatic N) is 2. The molecule has 0 radical (unpaired) electrons. The summed E-state index contributed by atoms with van der Waals surface area (Å²) in [6.07, 6.45) is 1.21. The number of halogens is 5. The second-order valence-electron chi connectivity index (χ2n) is 6.63.